The van der Waals surface area contributed by atoms with E-state index >= 15 is 0 Å². The van der Waals surface area contributed by atoms with Gasteiger partial charge < -0.3 is 19.9 Å². The highest BCUT2D eigenvalue weighted by Gasteiger charge is 2.07. The number of hydrogen-bond acceptors (Lipinski definition) is 4. The van der Waals surface area contributed by atoms with Crippen LogP contribution in [0.4, 0.5) is 0 Å². The van der Waals surface area contributed by atoms with Crippen LogP contribution in [0.3, 0.4) is 0 Å². The van der Waals surface area contributed by atoms with Crippen molar-refractivity contribution in [2.45, 2.75) is 19.4 Å². The van der Waals surface area contributed by atoms with Gasteiger partial charge in [-0.3, -0.25) is 0 Å². The maximum Gasteiger partial charge on any atom is 0.125 e. The molecule has 0 aliphatic rings. The molecule has 0 bridgehead atoms. The first-order valence-corrected chi connectivity index (χ1v) is 6.88. The Labute approximate surface area is 119 Å². The van der Waals surface area contributed by atoms with Crippen LogP contribution in [0.25, 0.3) is 0 Å². The van der Waals surface area contributed by atoms with Crippen LogP contribution in [-0.2, 0) is 11.3 Å². The minimum atomic E-state index is 0.199. The fraction of sp³-hybridized carbons (Fsp3) is 0.571. The molecule has 0 saturated heterocycles. The second-order valence-electron chi connectivity index (χ2n) is 4.17. The summed E-state index contributed by atoms with van der Waals surface area (Å²) in [5.74, 6) is 0.801. The van der Waals surface area contributed by atoms with Crippen molar-refractivity contribution in [2.24, 2.45) is 0 Å². The summed E-state index contributed by atoms with van der Waals surface area (Å²) in [7, 11) is 1.67. The smallest absolute Gasteiger partial charge is 0.125 e. The predicted molar refractivity (Wildman–Crippen MR) is 76.8 cm³/mol. The monoisotopic (exact) mass is 287 g/mol. The molecule has 0 spiro atoms. The molecule has 1 rings (SSSR count). The first-order valence-electron chi connectivity index (χ1n) is 6.50. The minimum absolute atomic E-state index is 0.199. The normalized spacial score (nSPS) is 10.7. The van der Waals surface area contributed by atoms with Crippen LogP contribution in [0.5, 0.6) is 5.75 Å². The van der Waals surface area contributed by atoms with Crippen molar-refractivity contribution in [1.29, 1.82) is 0 Å². The van der Waals surface area contributed by atoms with Crippen molar-refractivity contribution in [3.8, 4) is 5.75 Å². The predicted octanol–water partition coefficient (Wildman–Crippen LogP) is 2.23. The van der Waals surface area contributed by atoms with Gasteiger partial charge in [0.15, 0.2) is 0 Å². The van der Waals surface area contributed by atoms with E-state index in [0.717, 1.165) is 30.7 Å². The standard InChI is InChI=1S/C14H22ClNO3/c1-18-10-7-16-11-12-13(15)5-4-6-14(12)19-9-3-2-8-17/h4-6,16-17H,2-3,7-11H2,1H3. The van der Waals surface area contributed by atoms with Crippen LogP contribution in [0.2, 0.25) is 5.02 Å². The summed E-state index contributed by atoms with van der Waals surface area (Å²) in [6, 6.07) is 5.65. The van der Waals surface area contributed by atoms with E-state index in [1.807, 2.05) is 18.2 Å². The maximum atomic E-state index is 8.73. The number of aliphatic hydroxyl groups excluding tert-OH is 1. The fourth-order valence-corrected chi connectivity index (χ4v) is 1.86. The lowest BCUT2D eigenvalue weighted by atomic mass is 10.2. The van der Waals surface area contributed by atoms with E-state index in [-0.39, 0.29) is 6.61 Å². The second kappa shape index (κ2) is 10.0. The van der Waals surface area contributed by atoms with E-state index in [9.17, 15) is 0 Å². The number of ether oxygens (including phenoxy) is 2. The van der Waals surface area contributed by atoms with Crippen LogP contribution in [0, 0.1) is 0 Å². The van der Waals surface area contributed by atoms with Crippen LogP contribution in [-0.4, -0.2) is 38.6 Å². The fourth-order valence-electron chi connectivity index (χ4n) is 1.63. The van der Waals surface area contributed by atoms with Crippen LogP contribution in [0.1, 0.15) is 18.4 Å². The Balaban J connectivity index is 2.51. The Morgan fingerprint density at radius 2 is 2.11 bits per heavy atom. The molecule has 5 heteroatoms. The molecule has 0 unspecified atom stereocenters. The quantitative estimate of drug-likeness (QED) is 0.648. The molecule has 0 heterocycles. The van der Waals surface area contributed by atoms with Crippen molar-refractivity contribution < 1.29 is 14.6 Å². The molecular formula is C14H22ClNO3. The first-order chi connectivity index (χ1) is 9.29. The number of rotatable bonds is 10. The number of halogens is 1. The molecule has 2 N–H and O–H groups in total. The van der Waals surface area contributed by atoms with Gasteiger partial charge in [-0.15, -0.1) is 0 Å². The summed E-state index contributed by atoms with van der Waals surface area (Å²) >= 11 is 6.19. The van der Waals surface area contributed by atoms with Crippen molar-refractivity contribution in [3.63, 3.8) is 0 Å². The Kier molecular flexibility index (Phi) is 8.58. The molecule has 0 aliphatic carbocycles. The zero-order valence-electron chi connectivity index (χ0n) is 11.3. The molecular weight excluding hydrogens is 266 g/mol. The lowest BCUT2D eigenvalue weighted by Crippen LogP contribution is -2.19. The summed E-state index contributed by atoms with van der Waals surface area (Å²) in [5.41, 5.74) is 0.962. The highest BCUT2D eigenvalue weighted by molar-refractivity contribution is 6.31. The highest BCUT2D eigenvalue weighted by Crippen LogP contribution is 2.26. The highest BCUT2D eigenvalue weighted by atomic mass is 35.5. The van der Waals surface area contributed by atoms with E-state index in [2.05, 4.69) is 5.32 Å². The number of benzene rings is 1. The van der Waals surface area contributed by atoms with Crippen molar-refractivity contribution in [1.82, 2.24) is 5.32 Å². The number of hydrogen-bond donors (Lipinski definition) is 2. The SMILES string of the molecule is COCCNCc1c(Cl)cccc1OCCCCO. The van der Waals surface area contributed by atoms with Gasteiger partial charge in [0.05, 0.1) is 13.2 Å². The first kappa shape index (κ1) is 16.2. The lowest BCUT2D eigenvalue weighted by molar-refractivity contribution is 0.199. The molecule has 0 radical (unpaired) electrons. The van der Waals surface area contributed by atoms with Gasteiger partial charge in [0, 0.05) is 37.4 Å². The summed E-state index contributed by atoms with van der Waals surface area (Å²) in [4.78, 5) is 0. The summed E-state index contributed by atoms with van der Waals surface area (Å²) in [6.45, 7) is 2.87. The van der Waals surface area contributed by atoms with E-state index in [1.54, 1.807) is 7.11 Å². The molecule has 0 amide bonds. The van der Waals surface area contributed by atoms with Crippen molar-refractivity contribution >= 4 is 11.6 Å². The minimum Gasteiger partial charge on any atom is -0.493 e. The number of unbranched alkanes of at least 4 members (excludes halogenated alkanes) is 1. The molecule has 1 aromatic rings. The van der Waals surface area contributed by atoms with Gasteiger partial charge in [-0.25, -0.2) is 0 Å². The zero-order chi connectivity index (χ0) is 13.9. The van der Waals surface area contributed by atoms with E-state index in [0.29, 0.717) is 24.8 Å². The summed E-state index contributed by atoms with van der Waals surface area (Å²) in [6.07, 6.45) is 1.58. The third kappa shape index (κ3) is 6.25. The molecule has 1 aromatic carbocycles. The van der Waals surface area contributed by atoms with Gasteiger partial charge in [-0.2, -0.15) is 0 Å². The Morgan fingerprint density at radius 3 is 2.84 bits per heavy atom. The van der Waals surface area contributed by atoms with Gasteiger partial charge >= 0.3 is 0 Å². The second-order valence-corrected chi connectivity index (χ2v) is 4.57. The molecule has 0 fully saturated rings. The maximum absolute atomic E-state index is 8.73. The number of aliphatic hydroxyl groups is 1. The van der Waals surface area contributed by atoms with Gasteiger partial charge in [0.25, 0.3) is 0 Å². The van der Waals surface area contributed by atoms with Crippen LogP contribution >= 0.6 is 11.6 Å². The largest absolute Gasteiger partial charge is 0.493 e. The number of methoxy groups -OCH3 is 1. The topological polar surface area (TPSA) is 50.7 Å². The Morgan fingerprint density at radius 1 is 1.26 bits per heavy atom. The third-order valence-electron chi connectivity index (χ3n) is 2.67. The van der Waals surface area contributed by atoms with E-state index < -0.39 is 0 Å². The van der Waals surface area contributed by atoms with Crippen molar-refractivity contribution in [2.75, 3.05) is 33.5 Å². The Hall–Kier alpha value is -0.810. The van der Waals surface area contributed by atoms with Crippen LogP contribution < -0.4 is 10.1 Å². The molecule has 0 aliphatic heterocycles. The van der Waals surface area contributed by atoms with Gasteiger partial charge in [-0.05, 0) is 25.0 Å². The molecule has 19 heavy (non-hydrogen) atoms. The van der Waals surface area contributed by atoms with Crippen molar-refractivity contribution in [3.05, 3.63) is 28.8 Å². The summed E-state index contributed by atoms with van der Waals surface area (Å²) in [5, 5.41) is 12.7. The molecule has 108 valence electrons. The molecule has 0 atom stereocenters. The summed E-state index contributed by atoms with van der Waals surface area (Å²) < 4.78 is 10.7. The number of nitrogens with one attached hydrogen (secondary N) is 1. The third-order valence-corrected chi connectivity index (χ3v) is 3.02. The lowest BCUT2D eigenvalue weighted by Gasteiger charge is -2.13. The van der Waals surface area contributed by atoms with Gasteiger partial charge in [0.1, 0.15) is 5.75 Å². The van der Waals surface area contributed by atoms with E-state index in [1.165, 1.54) is 0 Å². The van der Waals surface area contributed by atoms with E-state index in [4.69, 9.17) is 26.2 Å². The van der Waals surface area contributed by atoms with Gasteiger partial charge in [-0.1, -0.05) is 17.7 Å². The van der Waals surface area contributed by atoms with Crippen LogP contribution in [0.15, 0.2) is 18.2 Å². The molecule has 0 aromatic heterocycles. The molecule has 4 nitrogen and oxygen atoms in total. The Bertz CT molecular complexity index is 361. The molecule has 0 saturated carbocycles. The zero-order valence-corrected chi connectivity index (χ0v) is 12.1. The average molecular weight is 288 g/mol. The van der Waals surface area contributed by atoms with Gasteiger partial charge in [0.2, 0.25) is 0 Å². The average Bonchev–Trinajstić information content (AvgIpc) is 2.42.